The normalized spacial score (nSPS) is 20.6. The summed E-state index contributed by atoms with van der Waals surface area (Å²) in [6.07, 6.45) is 9.71. The number of aryl methyl sites for hydroxylation is 1. The van der Waals surface area contributed by atoms with Gasteiger partial charge in [0.25, 0.3) is 5.91 Å². The number of nitrogens with one attached hydrogen (secondary N) is 2. The molecule has 7 heteroatoms. The summed E-state index contributed by atoms with van der Waals surface area (Å²) in [5, 5.41) is 3.15. The number of nitrogens with zero attached hydrogens (tertiary/aromatic N) is 1. The molecule has 1 aliphatic heterocycles. The number of carbonyl (C=O) groups is 1. The third-order valence-electron chi connectivity index (χ3n) is 6.42. The lowest BCUT2D eigenvalue weighted by Crippen LogP contribution is -2.58. The summed E-state index contributed by atoms with van der Waals surface area (Å²) in [5.74, 6) is -0.187. The van der Waals surface area contributed by atoms with E-state index in [4.69, 9.17) is 0 Å². The first-order chi connectivity index (χ1) is 13.4. The quantitative estimate of drug-likeness (QED) is 0.760. The summed E-state index contributed by atoms with van der Waals surface area (Å²) in [4.78, 5) is 15.7. The van der Waals surface area contributed by atoms with E-state index >= 15 is 0 Å². The third-order valence-corrected chi connectivity index (χ3v) is 7.83. The van der Waals surface area contributed by atoms with Gasteiger partial charge in [-0.15, -0.1) is 0 Å². The number of likely N-dealkylation sites (tertiary alicyclic amines) is 1. The van der Waals surface area contributed by atoms with Gasteiger partial charge in [-0.05, 0) is 70.4 Å². The SMILES string of the molecule is CNS(=O)(=O)c1ccc(C)c(C(=O)NCC2(N3CCCCC3)CCCCC2)c1. The average molecular weight is 408 g/mol. The summed E-state index contributed by atoms with van der Waals surface area (Å²) >= 11 is 0. The molecule has 0 radical (unpaired) electrons. The van der Waals surface area contributed by atoms with Gasteiger partial charge in [-0.25, -0.2) is 13.1 Å². The fourth-order valence-electron chi connectivity index (χ4n) is 4.65. The second-order valence-corrected chi connectivity index (χ2v) is 10.1. The summed E-state index contributed by atoms with van der Waals surface area (Å²) in [5.41, 5.74) is 1.26. The van der Waals surface area contributed by atoms with Crippen LogP contribution in [0.3, 0.4) is 0 Å². The molecule has 2 aliphatic rings. The maximum absolute atomic E-state index is 13.0. The van der Waals surface area contributed by atoms with Crippen molar-refractivity contribution < 1.29 is 13.2 Å². The van der Waals surface area contributed by atoms with Crippen molar-refractivity contribution in [2.24, 2.45) is 0 Å². The van der Waals surface area contributed by atoms with E-state index in [0.29, 0.717) is 12.1 Å². The third kappa shape index (κ3) is 4.58. The maximum atomic E-state index is 13.0. The zero-order valence-corrected chi connectivity index (χ0v) is 17.9. The number of piperidine rings is 1. The van der Waals surface area contributed by atoms with Gasteiger partial charge in [0.1, 0.15) is 0 Å². The standard InChI is InChI=1S/C21H33N3O3S/c1-17-9-10-18(28(26,27)22-2)15-19(17)20(25)23-16-21(11-5-3-6-12-21)24-13-7-4-8-14-24/h9-10,15,22H,3-8,11-14,16H2,1-2H3,(H,23,25). The lowest BCUT2D eigenvalue weighted by Gasteiger charge is -2.48. The van der Waals surface area contributed by atoms with Crippen molar-refractivity contribution in [1.82, 2.24) is 14.9 Å². The Hall–Kier alpha value is -1.44. The second kappa shape index (κ2) is 8.93. The van der Waals surface area contributed by atoms with Crippen molar-refractivity contribution in [3.05, 3.63) is 29.3 Å². The van der Waals surface area contributed by atoms with Crippen molar-refractivity contribution in [2.75, 3.05) is 26.7 Å². The smallest absolute Gasteiger partial charge is 0.251 e. The molecule has 3 rings (SSSR count). The van der Waals surface area contributed by atoms with Gasteiger partial charge in [0, 0.05) is 17.6 Å². The van der Waals surface area contributed by atoms with E-state index in [1.54, 1.807) is 6.07 Å². The molecular formula is C21H33N3O3S. The maximum Gasteiger partial charge on any atom is 0.251 e. The van der Waals surface area contributed by atoms with Crippen LogP contribution in [-0.4, -0.2) is 51.4 Å². The summed E-state index contributed by atoms with van der Waals surface area (Å²) < 4.78 is 26.5. The minimum absolute atomic E-state index is 0.0525. The summed E-state index contributed by atoms with van der Waals surface area (Å²) in [6, 6.07) is 4.71. The first kappa shape index (κ1) is 21.3. The Balaban J connectivity index is 1.77. The number of benzene rings is 1. The molecule has 1 aromatic carbocycles. The van der Waals surface area contributed by atoms with E-state index in [1.165, 1.54) is 57.7 Å². The molecule has 1 aromatic rings. The van der Waals surface area contributed by atoms with E-state index in [-0.39, 0.29) is 16.3 Å². The number of carbonyl (C=O) groups excluding carboxylic acids is 1. The van der Waals surface area contributed by atoms with Crippen LogP contribution in [0, 0.1) is 6.92 Å². The molecule has 0 atom stereocenters. The molecule has 2 N–H and O–H groups in total. The number of hydrogen-bond donors (Lipinski definition) is 2. The van der Waals surface area contributed by atoms with E-state index in [1.807, 2.05) is 6.92 Å². The Morgan fingerprint density at radius 3 is 2.36 bits per heavy atom. The summed E-state index contributed by atoms with van der Waals surface area (Å²) in [7, 11) is -2.20. The van der Waals surface area contributed by atoms with E-state index in [9.17, 15) is 13.2 Å². The monoisotopic (exact) mass is 407 g/mol. The Bertz CT molecular complexity index is 795. The van der Waals surface area contributed by atoms with E-state index in [2.05, 4.69) is 14.9 Å². The van der Waals surface area contributed by atoms with Gasteiger partial charge >= 0.3 is 0 Å². The van der Waals surface area contributed by atoms with E-state index in [0.717, 1.165) is 31.5 Å². The highest BCUT2D eigenvalue weighted by Crippen LogP contribution is 2.35. The molecule has 0 spiro atoms. The van der Waals surface area contributed by atoms with Crippen LogP contribution in [0.15, 0.2) is 23.1 Å². The largest absolute Gasteiger partial charge is 0.350 e. The zero-order valence-electron chi connectivity index (χ0n) is 17.1. The molecular weight excluding hydrogens is 374 g/mol. The van der Waals surface area contributed by atoms with Crippen LogP contribution in [0.25, 0.3) is 0 Å². The first-order valence-electron chi connectivity index (χ1n) is 10.5. The van der Waals surface area contributed by atoms with Crippen LogP contribution in [0.4, 0.5) is 0 Å². The molecule has 2 fully saturated rings. The predicted molar refractivity (Wildman–Crippen MR) is 111 cm³/mol. The fourth-order valence-corrected chi connectivity index (χ4v) is 5.41. The topological polar surface area (TPSA) is 78.5 Å². The number of amides is 1. The van der Waals surface area contributed by atoms with Gasteiger partial charge in [-0.2, -0.15) is 0 Å². The number of rotatable bonds is 6. The van der Waals surface area contributed by atoms with Gasteiger partial charge in [0.2, 0.25) is 10.0 Å². The molecule has 1 saturated heterocycles. The van der Waals surface area contributed by atoms with Gasteiger partial charge in [0.15, 0.2) is 0 Å². The zero-order chi connectivity index (χ0) is 20.2. The molecule has 6 nitrogen and oxygen atoms in total. The summed E-state index contributed by atoms with van der Waals surface area (Å²) in [6.45, 7) is 4.70. The Morgan fingerprint density at radius 1 is 1.07 bits per heavy atom. The minimum Gasteiger partial charge on any atom is -0.350 e. The molecule has 0 unspecified atom stereocenters. The highest BCUT2D eigenvalue weighted by atomic mass is 32.2. The van der Waals surface area contributed by atoms with Crippen LogP contribution >= 0.6 is 0 Å². The minimum atomic E-state index is -3.57. The highest BCUT2D eigenvalue weighted by molar-refractivity contribution is 7.89. The molecule has 0 bridgehead atoms. The van der Waals surface area contributed by atoms with Crippen LogP contribution < -0.4 is 10.0 Å². The Kier molecular flexibility index (Phi) is 6.78. The van der Waals surface area contributed by atoms with Crippen molar-refractivity contribution >= 4 is 15.9 Å². The number of hydrogen-bond acceptors (Lipinski definition) is 4. The average Bonchev–Trinajstić information content (AvgIpc) is 2.73. The molecule has 28 heavy (non-hydrogen) atoms. The van der Waals surface area contributed by atoms with Crippen LogP contribution in [0.5, 0.6) is 0 Å². The van der Waals surface area contributed by atoms with Crippen molar-refractivity contribution in [1.29, 1.82) is 0 Å². The van der Waals surface area contributed by atoms with Crippen molar-refractivity contribution in [3.8, 4) is 0 Å². The lowest BCUT2D eigenvalue weighted by atomic mass is 9.79. The first-order valence-corrected chi connectivity index (χ1v) is 11.9. The lowest BCUT2D eigenvalue weighted by molar-refractivity contribution is 0.0326. The van der Waals surface area contributed by atoms with Gasteiger partial charge in [-0.1, -0.05) is 31.7 Å². The molecule has 1 amide bonds. The molecule has 1 saturated carbocycles. The van der Waals surface area contributed by atoms with Gasteiger partial charge in [-0.3, -0.25) is 9.69 Å². The van der Waals surface area contributed by atoms with Crippen LogP contribution in [-0.2, 0) is 10.0 Å². The van der Waals surface area contributed by atoms with Crippen molar-refractivity contribution in [2.45, 2.75) is 68.7 Å². The number of sulfonamides is 1. The van der Waals surface area contributed by atoms with Crippen LogP contribution in [0.2, 0.25) is 0 Å². The molecule has 156 valence electrons. The van der Waals surface area contributed by atoms with Gasteiger partial charge in [0.05, 0.1) is 4.90 Å². The van der Waals surface area contributed by atoms with E-state index < -0.39 is 10.0 Å². The Labute approximate surface area is 169 Å². The van der Waals surface area contributed by atoms with Crippen LogP contribution in [0.1, 0.15) is 67.3 Å². The van der Waals surface area contributed by atoms with Crippen molar-refractivity contribution in [3.63, 3.8) is 0 Å². The van der Waals surface area contributed by atoms with Gasteiger partial charge < -0.3 is 5.32 Å². The Morgan fingerprint density at radius 2 is 1.71 bits per heavy atom. The predicted octanol–water partition coefficient (Wildman–Crippen LogP) is 2.82. The molecule has 1 heterocycles. The molecule has 0 aromatic heterocycles. The highest BCUT2D eigenvalue weighted by Gasteiger charge is 2.38. The fraction of sp³-hybridized carbons (Fsp3) is 0.667. The molecule has 1 aliphatic carbocycles. The second-order valence-electron chi connectivity index (χ2n) is 8.20.